The number of carbonyl (C=O) groups is 2. The number of amides is 2. The van der Waals surface area contributed by atoms with Gasteiger partial charge in [0.2, 0.25) is 21.8 Å². The summed E-state index contributed by atoms with van der Waals surface area (Å²) in [7, 11) is -2.23. The predicted molar refractivity (Wildman–Crippen MR) is 127 cm³/mol. The fourth-order valence-corrected chi connectivity index (χ4v) is 5.77. The average molecular weight is 495 g/mol. The highest BCUT2D eigenvalue weighted by Crippen LogP contribution is 2.26. The van der Waals surface area contributed by atoms with Crippen LogP contribution < -0.4 is 15.4 Å². The van der Waals surface area contributed by atoms with E-state index in [-0.39, 0.29) is 29.2 Å². The second kappa shape index (κ2) is 11.1. The highest BCUT2D eigenvalue weighted by Gasteiger charge is 2.35. The number of ether oxygens (including phenoxy) is 1. The minimum atomic E-state index is -3.74. The van der Waals surface area contributed by atoms with Gasteiger partial charge in [-0.25, -0.2) is 13.4 Å². The molecule has 2 aromatic rings. The first-order valence-electron chi connectivity index (χ1n) is 10.9. The van der Waals surface area contributed by atoms with Gasteiger partial charge in [0.25, 0.3) is 0 Å². The molecule has 1 aromatic carbocycles. The van der Waals surface area contributed by atoms with Crippen molar-refractivity contribution in [2.24, 2.45) is 11.8 Å². The Balaban J connectivity index is 1.69. The molecule has 1 aliphatic rings. The van der Waals surface area contributed by atoms with Crippen LogP contribution in [0.1, 0.15) is 33.1 Å². The molecule has 2 unspecified atom stereocenters. The monoisotopic (exact) mass is 494 g/mol. The van der Waals surface area contributed by atoms with E-state index < -0.39 is 22.0 Å². The van der Waals surface area contributed by atoms with E-state index in [0.29, 0.717) is 36.7 Å². The molecule has 1 fully saturated rings. The fourth-order valence-electron chi connectivity index (χ4n) is 3.71. The molecule has 3 atom stereocenters. The van der Waals surface area contributed by atoms with Crippen LogP contribution in [0.3, 0.4) is 0 Å². The number of thiazole rings is 1. The van der Waals surface area contributed by atoms with Crippen molar-refractivity contribution in [2.45, 2.75) is 44.0 Å². The quantitative estimate of drug-likeness (QED) is 0.554. The van der Waals surface area contributed by atoms with Crippen molar-refractivity contribution in [2.75, 3.05) is 25.5 Å². The third-order valence-electron chi connectivity index (χ3n) is 5.91. The van der Waals surface area contributed by atoms with Crippen LogP contribution in [0.4, 0.5) is 5.13 Å². The van der Waals surface area contributed by atoms with Gasteiger partial charge in [-0.3, -0.25) is 9.59 Å². The van der Waals surface area contributed by atoms with Crippen molar-refractivity contribution in [1.82, 2.24) is 14.6 Å². The van der Waals surface area contributed by atoms with Gasteiger partial charge in [0, 0.05) is 24.7 Å². The summed E-state index contributed by atoms with van der Waals surface area (Å²) in [6.07, 6.45) is 3.41. The summed E-state index contributed by atoms with van der Waals surface area (Å²) in [4.78, 5) is 30.1. The minimum absolute atomic E-state index is 0.0710. The minimum Gasteiger partial charge on any atom is -0.497 e. The Morgan fingerprint density at radius 1 is 1.30 bits per heavy atom. The van der Waals surface area contributed by atoms with Gasteiger partial charge in [-0.05, 0) is 43.0 Å². The summed E-state index contributed by atoms with van der Waals surface area (Å²) in [5.41, 5.74) is 0. The van der Waals surface area contributed by atoms with Crippen LogP contribution in [0.5, 0.6) is 5.75 Å². The van der Waals surface area contributed by atoms with Crippen LogP contribution in [0, 0.1) is 11.8 Å². The highest BCUT2D eigenvalue weighted by atomic mass is 32.2. The molecule has 1 aromatic heterocycles. The van der Waals surface area contributed by atoms with E-state index in [1.54, 1.807) is 23.7 Å². The molecule has 2 N–H and O–H groups in total. The van der Waals surface area contributed by atoms with Gasteiger partial charge < -0.3 is 15.4 Å². The smallest absolute Gasteiger partial charge is 0.249 e. The molecule has 180 valence electrons. The standard InChI is InChI=1S/C22H30N4O5S2/c1-4-15(2)19(21(28)25-22-23-11-13-32-22)24-20(27)16-6-5-12-26(14-16)33(29,30)18-9-7-17(31-3)8-10-18/h7-11,13,15-16,19H,4-6,12,14H2,1-3H3,(H,24,27)(H,23,25,28)/t15?,16?,19-/m1/s1. The zero-order chi connectivity index (χ0) is 24.0. The van der Waals surface area contributed by atoms with E-state index in [2.05, 4.69) is 15.6 Å². The number of rotatable bonds is 9. The van der Waals surface area contributed by atoms with Crippen LogP contribution in [-0.2, 0) is 19.6 Å². The molecule has 2 amide bonds. The Hall–Kier alpha value is -2.50. The molecule has 0 radical (unpaired) electrons. The van der Waals surface area contributed by atoms with E-state index in [9.17, 15) is 18.0 Å². The number of anilines is 1. The van der Waals surface area contributed by atoms with Crippen LogP contribution in [0.15, 0.2) is 40.7 Å². The van der Waals surface area contributed by atoms with Gasteiger partial charge in [0.05, 0.1) is 17.9 Å². The summed E-state index contributed by atoms with van der Waals surface area (Å²) in [5.74, 6) is -0.713. The third kappa shape index (κ3) is 6.10. The van der Waals surface area contributed by atoms with Crippen molar-refractivity contribution < 1.29 is 22.7 Å². The van der Waals surface area contributed by atoms with Gasteiger partial charge >= 0.3 is 0 Å². The SMILES string of the molecule is CCC(C)[C@@H](NC(=O)C1CCCN(S(=O)(=O)c2ccc(OC)cc2)C1)C(=O)Nc1nccs1. The van der Waals surface area contributed by atoms with Gasteiger partial charge in [-0.1, -0.05) is 20.3 Å². The highest BCUT2D eigenvalue weighted by molar-refractivity contribution is 7.89. The maximum absolute atomic E-state index is 13.1. The first kappa shape index (κ1) is 25.1. The van der Waals surface area contributed by atoms with E-state index in [1.807, 2.05) is 13.8 Å². The van der Waals surface area contributed by atoms with Gasteiger partial charge in [0.1, 0.15) is 11.8 Å². The Morgan fingerprint density at radius 2 is 2.03 bits per heavy atom. The van der Waals surface area contributed by atoms with Crippen LogP contribution >= 0.6 is 11.3 Å². The number of aromatic nitrogens is 1. The number of sulfonamides is 1. The number of nitrogens with one attached hydrogen (secondary N) is 2. The van der Waals surface area contributed by atoms with Crippen LogP contribution in [0.2, 0.25) is 0 Å². The van der Waals surface area contributed by atoms with Crippen molar-refractivity contribution >= 4 is 38.3 Å². The van der Waals surface area contributed by atoms with E-state index in [0.717, 1.165) is 0 Å². The van der Waals surface area contributed by atoms with Crippen LogP contribution in [-0.4, -0.2) is 55.8 Å². The van der Waals surface area contributed by atoms with Crippen molar-refractivity contribution in [3.63, 3.8) is 0 Å². The molecule has 0 bridgehead atoms. The molecule has 0 saturated carbocycles. The predicted octanol–water partition coefficient (Wildman–Crippen LogP) is 2.72. The number of piperidine rings is 1. The summed E-state index contributed by atoms with van der Waals surface area (Å²) in [5, 5.41) is 7.84. The third-order valence-corrected chi connectivity index (χ3v) is 8.48. The molecule has 1 aliphatic heterocycles. The van der Waals surface area contributed by atoms with Gasteiger partial charge in [-0.2, -0.15) is 4.31 Å². The zero-order valence-corrected chi connectivity index (χ0v) is 20.6. The maximum Gasteiger partial charge on any atom is 0.249 e. The second-order valence-electron chi connectivity index (χ2n) is 8.08. The fraction of sp³-hybridized carbons (Fsp3) is 0.500. The number of methoxy groups -OCH3 is 1. The number of benzene rings is 1. The summed E-state index contributed by atoms with van der Waals surface area (Å²) in [6.45, 7) is 4.26. The lowest BCUT2D eigenvalue weighted by Gasteiger charge is -2.32. The lowest BCUT2D eigenvalue weighted by atomic mass is 9.95. The molecule has 3 rings (SSSR count). The van der Waals surface area contributed by atoms with Crippen molar-refractivity contribution in [3.8, 4) is 5.75 Å². The molecule has 0 spiro atoms. The molecule has 33 heavy (non-hydrogen) atoms. The normalized spacial score (nSPS) is 18.8. The number of hydrogen-bond acceptors (Lipinski definition) is 7. The van der Waals surface area contributed by atoms with E-state index in [4.69, 9.17) is 4.74 Å². The van der Waals surface area contributed by atoms with Gasteiger partial charge in [-0.15, -0.1) is 11.3 Å². The summed E-state index contributed by atoms with van der Waals surface area (Å²) >= 11 is 1.30. The maximum atomic E-state index is 13.1. The molecular weight excluding hydrogens is 464 g/mol. The lowest BCUT2D eigenvalue weighted by Crippen LogP contribution is -2.52. The van der Waals surface area contributed by atoms with E-state index in [1.165, 1.54) is 34.9 Å². The summed E-state index contributed by atoms with van der Waals surface area (Å²) < 4.78 is 32.6. The first-order valence-corrected chi connectivity index (χ1v) is 13.2. The van der Waals surface area contributed by atoms with Crippen LogP contribution in [0.25, 0.3) is 0 Å². The second-order valence-corrected chi connectivity index (χ2v) is 10.9. The number of hydrogen-bond donors (Lipinski definition) is 2. The Kier molecular flexibility index (Phi) is 8.44. The van der Waals surface area contributed by atoms with E-state index >= 15 is 0 Å². The average Bonchev–Trinajstić information content (AvgIpc) is 3.34. The Labute approximate surface area is 198 Å². The lowest BCUT2D eigenvalue weighted by molar-refractivity contribution is -0.131. The topological polar surface area (TPSA) is 118 Å². The molecule has 11 heteroatoms. The van der Waals surface area contributed by atoms with Crippen molar-refractivity contribution in [1.29, 1.82) is 0 Å². The van der Waals surface area contributed by atoms with Crippen molar-refractivity contribution in [3.05, 3.63) is 35.8 Å². The molecule has 2 heterocycles. The Morgan fingerprint density at radius 3 is 2.64 bits per heavy atom. The molecular formula is C22H30N4O5S2. The molecule has 0 aliphatic carbocycles. The van der Waals surface area contributed by atoms with Gasteiger partial charge in [0.15, 0.2) is 5.13 Å². The molecule has 1 saturated heterocycles. The number of carbonyl (C=O) groups excluding carboxylic acids is 2. The first-order chi connectivity index (χ1) is 15.8. The molecule has 9 nitrogen and oxygen atoms in total. The summed E-state index contributed by atoms with van der Waals surface area (Å²) in [6, 6.07) is 5.46. The largest absolute Gasteiger partial charge is 0.497 e. The Bertz CT molecular complexity index is 1040. The zero-order valence-electron chi connectivity index (χ0n) is 19.0. The number of nitrogens with zero attached hydrogens (tertiary/aromatic N) is 2.